The van der Waals surface area contributed by atoms with Crippen LogP contribution in [0.4, 0.5) is 0 Å². The van der Waals surface area contributed by atoms with E-state index in [1.807, 2.05) is 0 Å². The van der Waals surface area contributed by atoms with Crippen molar-refractivity contribution in [3.05, 3.63) is 0 Å². The molecule has 0 rings (SSSR count). The molecule has 1 unspecified atom stereocenters. The second kappa shape index (κ2) is 3.55. The molecule has 2 nitrogen and oxygen atoms in total. The Hall–Kier alpha value is -0.0800. The molecule has 0 amide bonds. The molecule has 2 heteroatoms. The van der Waals surface area contributed by atoms with Gasteiger partial charge in [0.05, 0.1) is 11.2 Å². The van der Waals surface area contributed by atoms with Gasteiger partial charge in [-0.05, 0) is 34.1 Å². The molecule has 0 aromatic heterocycles. The fourth-order valence-electron chi connectivity index (χ4n) is 0.997. The lowest BCUT2D eigenvalue weighted by Gasteiger charge is -2.35. The van der Waals surface area contributed by atoms with Gasteiger partial charge in [0.15, 0.2) is 0 Å². The van der Waals surface area contributed by atoms with Gasteiger partial charge in [-0.25, -0.2) is 0 Å². The average molecular weight is 159 g/mol. The molecule has 0 fully saturated rings. The van der Waals surface area contributed by atoms with Crippen LogP contribution in [0.3, 0.4) is 0 Å². The summed E-state index contributed by atoms with van der Waals surface area (Å²) in [4.78, 5) is 0. The topological polar surface area (TPSA) is 35.2 Å². The van der Waals surface area contributed by atoms with Gasteiger partial charge in [-0.1, -0.05) is 6.92 Å². The van der Waals surface area contributed by atoms with E-state index in [9.17, 15) is 0 Å². The van der Waals surface area contributed by atoms with Gasteiger partial charge in [-0.15, -0.1) is 0 Å². The van der Waals surface area contributed by atoms with Crippen LogP contribution in [0.1, 0.15) is 41.0 Å². The van der Waals surface area contributed by atoms with Gasteiger partial charge in [-0.3, -0.25) is 0 Å². The third-order valence-electron chi connectivity index (χ3n) is 1.73. The Labute approximate surface area is 70.1 Å². The lowest BCUT2D eigenvalue weighted by atomic mass is 10.0. The van der Waals surface area contributed by atoms with Crippen LogP contribution in [0.5, 0.6) is 0 Å². The van der Waals surface area contributed by atoms with Gasteiger partial charge in [0, 0.05) is 6.54 Å². The van der Waals surface area contributed by atoms with E-state index in [1.54, 1.807) is 0 Å². The molecule has 0 aliphatic heterocycles. The Balaban J connectivity index is 4.08. The minimum Gasteiger partial charge on any atom is -0.368 e. The van der Waals surface area contributed by atoms with Crippen molar-refractivity contribution in [1.82, 2.24) is 0 Å². The van der Waals surface area contributed by atoms with E-state index < -0.39 is 0 Å². The second-order valence-electron chi connectivity index (χ2n) is 4.22. The van der Waals surface area contributed by atoms with Crippen LogP contribution in [-0.2, 0) is 4.74 Å². The van der Waals surface area contributed by atoms with Gasteiger partial charge in [0.1, 0.15) is 0 Å². The molecule has 0 aromatic rings. The Morgan fingerprint density at radius 2 is 1.64 bits per heavy atom. The van der Waals surface area contributed by atoms with Crippen molar-refractivity contribution in [3.63, 3.8) is 0 Å². The SMILES string of the molecule is CCC(C)(CN)OC(C)(C)C. The third kappa shape index (κ3) is 4.38. The normalized spacial score (nSPS) is 18.0. The van der Waals surface area contributed by atoms with Crippen LogP contribution in [-0.4, -0.2) is 17.7 Å². The zero-order chi connectivity index (χ0) is 9.12. The van der Waals surface area contributed by atoms with Gasteiger partial charge >= 0.3 is 0 Å². The highest BCUT2D eigenvalue weighted by Crippen LogP contribution is 2.21. The summed E-state index contributed by atoms with van der Waals surface area (Å²) in [7, 11) is 0. The van der Waals surface area contributed by atoms with Crippen molar-refractivity contribution in [2.24, 2.45) is 5.73 Å². The maximum Gasteiger partial charge on any atom is 0.0780 e. The summed E-state index contributed by atoms with van der Waals surface area (Å²) >= 11 is 0. The monoisotopic (exact) mass is 159 g/mol. The van der Waals surface area contributed by atoms with Crippen LogP contribution in [0.15, 0.2) is 0 Å². The minimum atomic E-state index is -0.155. The highest BCUT2D eigenvalue weighted by molar-refractivity contribution is 4.78. The van der Waals surface area contributed by atoms with Crippen LogP contribution in [0.25, 0.3) is 0 Å². The zero-order valence-corrected chi connectivity index (χ0v) is 8.40. The molecular formula is C9H21NO. The predicted molar refractivity (Wildman–Crippen MR) is 48.6 cm³/mol. The molecule has 68 valence electrons. The van der Waals surface area contributed by atoms with E-state index in [2.05, 4.69) is 34.6 Å². The number of ether oxygens (including phenoxy) is 1. The first-order valence-electron chi connectivity index (χ1n) is 4.23. The number of hydrogen-bond acceptors (Lipinski definition) is 2. The van der Waals surface area contributed by atoms with Crippen molar-refractivity contribution in [2.45, 2.75) is 52.2 Å². The van der Waals surface area contributed by atoms with E-state index in [0.29, 0.717) is 6.54 Å². The Kier molecular flexibility index (Phi) is 3.52. The summed E-state index contributed by atoms with van der Waals surface area (Å²) in [5.74, 6) is 0. The molecule has 0 aliphatic carbocycles. The van der Waals surface area contributed by atoms with Crippen molar-refractivity contribution in [1.29, 1.82) is 0 Å². The second-order valence-corrected chi connectivity index (χ2v) is 4.22. The summed E-state index contributed by atoms with van der Waals surface area (Å²) in [5, 5.41) is 0. The van der Waals surface area contributed by atoms with Gasteiger partial charge in [-0.2, -0.15) is 0 Å². The first-order chi connectivity index (χ1) is 4.83. The van der Waals surface area contributed by atoms with E-state index in [1.165, 1.54) is 0 Å². The van der Waals surface area contributed by atoms with Crippen molar-refractivity contribution in [2.75, 3.05) is 6.54 Å². The molecule has 0 saturated heterocycles. The summed E-state index contributed by atoms with van der Waals surface area (Å²) in [6.45, 7) is 10.9. The van der Waals surface area contributed by atoms with E-state index in [0.717, 1.165) is 6.42 Å². The quantitative estimate of drug-likeness (QED) is 0.683. The van der Waals surface area contributed by atoms with Gasteiger partial charge in [0.25, 0.3) is 0 Å². The van der Waals surface area contributed by atoms with Crippen LogP contribution in [0, 0.1) is 0 Å². The van der Waals surface area contributed by atoms with Crippen molar-refractivity contribution >= 4 is 0 Å². The number of nitrogens with two attached hydrogens (primary N) is 1. The van der Waals surface area contributed by atoms with Crippen molar-refractivity contribution in [3.8, 4) is 0 Å². The highest BCUT2D eigenvalue weighted by atomic mass is 16.5. The average Bonchev–Trinajstić information content (AvgIpc) is 1.84. The first-order valence-corrected chi connectivity index (χ1v) is 4.23. The molecule has 0 bridgehead atoms. The Morgan fingerprint density at radius 1 is 1.18 bits per heavy atom. The Bertz CT molecular complexity index is 111. The summed E-state index contributed by atoms with van der Waals surface area (Å²) in [6, 6.07) is 0. The number of rotatable bonds is 3. The highest BCUT2D eigenvalue weighted by Gasteiger charge is 2.26. The smallest absolute Gasteiger partial charge is 0.0780 e. The van der Waals surface area contributed by atoms with E-state index in [-0.39, 0.29) is 11.2 Å². The molecule has 0 spiro atoms. The first kappa shape index (κ1) is 10.9. The summed E-state index contributed by atoms with van der Waals surface area (Å²) in [5.41, 5.74) is 5.35. The van der Waals surface area contributed by atoms with E-state index >= 15 is 0 Å². The standard InChI is InChI=1S/C9H21NO/c1-6-9(5,7-10)11-8(2,3)4/h6-7,10H2,1-5H3. The molecule has 11 heavy (non-hydrogen) atoms. The van der Waals surface area contributed by atoms with Crippen LogP contribution >= 0.6 is 0 Å². The maximum atomic E-state index is 5.80. The molecule has 0 radical (unpaired) electrons. The molecular weight excluding hydrogens is 138 g/mol. The lowest BCUT2D eigenvalue weighted by Crippen LogP contribution is -2.42. The third-order valence-corrected chi connectivity index (χ3v) is 1.73. The van der Waals surface area contributed by atoms with Crippen molar-refractivity contribution < 1.29 is 4.74 Å². The maximum absolute atomic E-state index is 5.80. The minimum absolute atomic E-state index is 0.0931. The number of hydrogen-bond donors (Lipinski definition) is 1. The fourth-order valence-corrected chi connectivity index (χ4v) is 0.997. The molecule has 1 atom stereocenters. The fraction of sp³-hybridized carbons (Fsp3) is 1.00. The predicted octanol–water partition coefficient (Wildman–Crippen LogP) is 1.93. The van der Waals surface area contributed by atoms with Crippen LogP contribution in [0.2, 0.25) is 0 Å². The van der Waals surface area contributed by atoms with Crippen LogP contribution < -0.4 is 5.73 Å². The summed E-state index contributed by atoms with van der Waals surface area (Å²) in [6.07, 6.45) is 0.959. The molecule has 0 heterocycles. The lowest BCUT2D eigenvalue weighted by molar-refractivity contribution is -0.118. The largest absolute Gasteiger partial charge is 0.368 e. The summed E-state index contributed by atoms with van der Waals surface area (Å²) < 4.78 is 5.80. The van der Waals surface area contributed by atoms with Gasteiger partial charge < -0.3 is 10.5 Å². The van der Waals surface area contributed by atoms with Gasteiger partial charge in [0.2, 0.25) is 0 Å². The Morgan fingerprint density at radius 3 is 1.73 bits per heavy atom. The molecule has 2 N–H and O–H groups in total. The molecule has 0 aromatic carbocycles. The zero-order valence-electron chi connectivity index (χ0n) is 8.40. The molecule has 0 saturated carbocycles. The molecule has 0 aliphatic rings. The van der Waals surface area contributed by atoms with E-state index in [4.69, 9.17) is 10.5 Å².